The molecule has 0 radical (unpaired) electrons. The number of carbonyl (C=O) groups is 1. The Kier molecular flexibility index (Phi) is 5.40. The van der Waals surface area contributed by atoms with Crippen molar-refractivity contribution in [1.29, 1.82) is 0 Å². The SMILES string of the molecule is CC(C)(C)OC(=O)NCC1CCCC1Nc1ccc2nnc(-c3ccsc3)n2n1. The van der Waals surface area contributed by atoms with Gasteiger partial charge in [0.15, 0.2) is 11.5 Å². The summed E-state index contributed by atoms with van der Waals surface area (Å²) in [6.07, 6.45) is 2.85. The number of fused-ring (bicyclic) bond motifs is 1. The predicted octanol–water partition coefficient (Wildman–Crippen LogP) is 3.96. The first-order valence-electron chi connectivity index (χ1n) is 9.87. The lowest BCUT2D eigenvalue weighted by Gasteiger charge is -2.24. The van der Waals surface area contributed by atoms with Gasteiger partial charge in [-0.25, -0.2) is 4.79 Å². The lowest BCUT2D eigenvalue weighted by molar-refractivity contribution is 0.0519. The lowest BCUT2D eigenvalue weighted by atomic mass is 10.0. The summed E-state index contributed by atoms with van der Waals surface area (Å²) in [4.78, 5) is 12.0. The highest BCUT2D eigenvalue weighted by molar-refractivity contribution is 7.08. The summed E-state index contributed by atoms with van der Waals surface area (Å²) in [6.45, 7) is 6.18. The fourth-order valence-corrected chi connectivity index (χ4v) is 4.26. The van der Waals surface area contributed by atoms with Crippen molar-refractivity contribution in [3.8, 4) is 11.4 Å². The van der Waals surface area contributed by atoms with Crippen molar-refractivity contribution < 1.29 is 9.53 Å². The van der Waals surface area contributed by atoms with E-state index in [0.29, 0.717) is 18.1 Å². The van der Waals surface area contributed by atoms with E-state index >= 15 is 0 Å². The van der Waals surface area contributed by atoms with Gasteiger partial charge in [-0.2, -0.15) is 15.9 Å². The lowest BCUT2D eigenvalue weighted by Crippen LogP contribution is -2.38. The van der Waals surface area contributed by atoms with Crippen molar-refractivity contribution in [1.82, 2.24) is 25.1 Å². The minimum Gasteiger partial charge on any atom is -0.444 e. The van der Waals surface area contributed by atoms with E-state index in [-0.39, 0.29) is 12.1 Å². The molecule has 9 heteroatoms. The van der Waals surface area contributed by atoms with Gasteiger partial charge in [0.05, 0.1) is 0 Å². The van der Waals surface area contributed by atoms with Crippen molar-refractivity contribution in [3.63, 3.8) is 0 Å². The second-order valence-corrected chi connectivity index (χ2v) is 9.13. The van der Waals surface area contributed by atoms with Crippen molar-refractivity contribution >= 4 is 28.9 Å². The minimum atomic E-state index is -0.490. The number of amides is 1. The van der Waals surface area contributed by atoms with Crippen molar-refractivity contribution in [2.75, 3.05) is 11.9 Å². The Balaban J connectivity index is 1.43. The van der Waals surface area contributed by atoms with E-state index in [1.54, 1.807) is 15.9 Å². The number of nitrogens with zero attached hydrogens (tertiary/aromatic N) is 4. The number of thiophene rings is 1. The normalized spacial score (nSPS) is 19.4. The van der Waals surface area contributed by atoms with Gasteiger partial charge in [0, 0.05) is 23.5 Å². The summed E-state index contributed by atoms with van der Waals surface area (Å²) < 4.78 is 7.11. The van der Waals surface area contributed by atoms with Gasteiger partial charge >= 0.3 is 6.09 Å². The second-order valence-electron chi connectivity index (χ2n) is 8.35. The molecule has 0 spiro atoms. The van der Waals surface area contributed by atoms with Crippen molar-refractivity contribution in [2.45, 2.75) is 51.7 Å². The summed E-state index contributed by atoms with van der Waals surface area (Å²) in [5.74, 6) is 1.85. The predicted molar refractivity (Wildman–Crippen MR) is 113 cm³/mol. The first-order valence-corrected chi connectivity index (χ1v) is 10.8. The van der Waals surface area contributed by atoms with Gasteiger partial charge in [-0.1, -0.05) is 6.42 Å². The van der Waals surface area contributed by atoms with Gasteiger partial charge in [0.25, 0.3) is 0 Å². The first-order chi connectivity index (χ1) is 13.9. The molecule has 1 aliphatic carbocycles. The summed E-state index contributed by atoms with van der Waals surface area (Å²) in [5, 5.41) is 23.7. The standard InChI is InChI=1S/C20H26N6O2S/c1-20(2,3)28-19(27)21-11-13-5-4-6-15(13)22-16-7-8-17-23-24-18(26(17)25-16)14-9-10-29-12-14/h7-10,12-13,15H,4-6,11H2,1-3H3,(H,21,27)(H,22,25). The zero-order valence-electron chi connectivity index (χ0n) is 16.9. The van der Waals surface area contributed by atoms with Gasteiger partial charge in [-0.3, -0.25) is 0 Å². The number of hydrogen-bond acceptors (Lipinski definition) is 7. The van der Waals surface area contributed by atoms with E-state index in [0.717, 1.165) is 36.5 Å². The molecule has 1 fully saturated rings. The van der Waals surface area contributed by atoms with Gasteiger partial charge in [-0.05, 0) is 63.1 Å². The topological polar surface area (TPSA) is 93.4 Å². The molecule has 2 atom stereocenters. The molecular formula is C20H26N6O2S. The number of hydrogen-bond donors (Lipinski definition) is 2. The van der Waals surface area contributed by atoms with Crippen LogP contribution in [0.3, 0.4) is 0 Å². The van der Waals surface area contributed by atoms with Gasteiger partial charge in [0.1, 0.15) is 11.4 Å². The third-order valence-corrected chi connectivity index (χ3v) is 5.63. The smallest absolute Gasteiger partial charge is 0.407 e. The Labute approximate surface area is 173 Å². The number of aromatic nitrogens is 4. The van der Waals surface area contributed by atoms with Crippen LogP contribution in [-0.4, -0.2) is 44.1 Å². The van der Waals surface area contributed by atoms with Gasteiger partial charge < -0.3 is 15.4 Å². The number of anilines is 1. The molecule has 3 aromatic heterocycles. The fraction of sp³-hybridized carbons (Fsp3) is 0.500. The van der Waals surface area contributed by atoms with Crippen LogP contribution in [-0.2, 0) is 4.74 Å². The Morgan fingerprint density at radius 1 is 1.28 bits per heavy atom. The molecule has 4 rings (SSSR count). The molecule has 3 aromatic rings. The first kappa shape index (κ1) is 19.6. The molecule has 0 bridgehead atoms. The highest BCUT2D eigenvalue weighted by Gasteiger charge is 2.28. The van der Waals surface area contributed by atoms with Crippen LogP contribution in [0.1, 0.15) is 40.0 Å². The average Bonchev–Trinajstić information content (AvgIpc) is 3.39. The Morgan fingerprint density at radius 2 is 2.14 bits per heavy atom. The van der Waals surface area contributed by atoms with Crippen LogP contribution in [0.4, 0.5) is 10.6 Å². The molecule has 0 aliphatic heterocycles. The molecule has 29 heavy (non-hydrogen) atoms. The molecule has 0 saturated heterocycles. The van der Waals surface area contributed by atoms with E-state index in [4.69, 9.17) is 9.84 Å². The molecule has 3 heterocycles. The number of carbonyl (C=O) groups excluding carboxylic acids is 1. The zero-order valence-corrected chi connectivity index (χ0v) is 17.7. The minimum absolute atomic E-state index is 0.246. The number of ether oxygens (including phenoxy) is 1. The van der Waals surface area contributed by atoms with Crippen LogP contribution in [0, 0.1) is 5.92 Å². The highest BCUT2D eigenvalue weighted by atomic mass is 32.1. The van der Waals surface area contributed by atoms with E-state index < -0.39 is 5.60 Å². The molecule has 2 N–H and O–H groups in total. The highest BCUT2D eigenvalue weighted by Crippen LogP contribution is 2.28. The third-order valence-electron chi connectivity index (χ3n) is 4.94. The van der Waals surface area contributed by atoms with Crippen LogP contribution >= 0.6 is 11.3 Å². The summed E-state index contributed by atoms with van der Waals surface area (Å²) in [7, 11) is 0. The monoisotopic (exact) mass is 414 g/mol. The van der Waals surface area contributed by atoms with Crippen LogP contribution in [0.15, 0.2) is 29.0 Å². The van der Waals surface area contributed by atoms with E-state index in [1.807, 2.05) is 49.7 Å². The molecular weight excluding hydrogens is 388 g/mol. The molecule has 2 unspecified atom stereocenters. The van der Waals surface area contributed by atoms with Crippen LogP contribution < -0.4 is 10.6 Å². The maximum atomic E-state index is 12.0. The average molecular weight is 415 g/mol. The van der Waals surface area contributed by atoms with E-state index in [9.17, 15) is 4.79 Å². The largest absolute Gasteiger partial charge is 0.444 e. The van der Waals surface area contributed by atoms with E-state index in [2.05, 4.69) is 20.8 Å². The maximum absolute atomic E-state index is 12.0. The van der Waals surface area contributed by atoms with Crippen molar-refractivity contribution in [2.24, 2.45) is 5.92 Å². The fourth-order valence-electron chi connectivity index (χ4n) is 3.63. The van der Waals surface area contributed by atoms with Crippen LogP contribution in [0.25, 0.3) is 17.0 Å². The van der Waals surface area contributed by atoms with Gasteiger partial charge in [0.2, 0.25) is 0 Å². The molecule has 8 nitrogen and oxygen atoms in total. The van der Waals surface area contributed by atoms with Crippen LogP contribution in [0.5, 0.6) is 0 Å². The summed E-state index contributed by atoms with van der Waals surface area (Å²) >= 11 is 1.62. The number of nitrogens with one attached hydrogen (secondary N) is 2. The zero-order chi connectivity index (χ0) is 20.4. The maximum Gasteiger partial charge on any atom is 0.407 e. The number of rotatable bonds is 5. The van der Waals surface area contributed by atoms with E-state index in [1.165, 1.54) is 0 Å². The Bertz CT molecular complexity index is 979. The Morgan fingerprint density at radius 3 is 2.90 bits per heavy atom. The molecule has 1 saturated carbocycles. The third kappa shape index (κ3) is 4.67. The van der Waals surface area contributed by atoms with Crippen LogP contribution in [0.2, 0.25) is 0 Å². The Hall–Kier alpha value is -2.68. The molecule has 1 amide bonds. The molecule has 1 aliphatic rings. The molecule has 154 valence electrons. The summed E-state index contributed by atoms with van der Waals surface area (Å²) in [5.41, 5.74) is 1.23. The quantitative estimate of drug-likeness (QED) is 0.656. The molecule has 0 aromatic carbocycles. The van der Waals surface area contributed by atoms with Gasteiger partial charge in [-0.15, -0.1) is 15.3 Å². The summed E-state index contributed by atoms with van der Waals surface area (Å²) in [6, 6.07) is 6.10. The second kappa shape index (κ2) is 7.98. The number of alkyl carbamates (subject to hydrolysis) is 1. The van der Waals surface area contributed by atoms with Crippen molar-refractivity contribution in [3.05, 3.63) is 29.0 Å².